The van der Waals surface area contributed by atoms with Crippen LogP contribution >= 0.6 is 0 Å². The molecule has 0 saturated carbocycles. The molecule has 6 heteroatoms. The summed E-state index contributed by atoms with van der Waals surface area (Å²) in [6.07, 6.45) is 5.08. The molecule has 1 unspecified atom stereocenters. The average molecular weight is 328 g/mol. The Bertz CT molecular complexity index is 660. The van der Waals surface area contributed by atoms with Crippen molar-refractivity contribution >= 4 is 11.6 Å². The lowest BCUT2D eigenvalue weighted by Gasteiger charge is -2.22. The summed E-state index contributed by atoms with van der Waals surface area (Å²) < 4.78 is 7.43. The Hall–Kier alpha value is -2.34. The summed E-state index contributed by atoms with van der Waals surface area (Å²) in [5, 5.41) is 10.7. The summed E-state index contributed by atoms with van der Waals surface area (Å²) in [5.41, 5.74) is 1.17. The number of benzene rings is 1. The number of carbonyl (C=O) groups is 1. The Morgan fingerprint density at radius 1 is 1.38 bits per heavy atom. The van der Waals surface area contributed by atoms with E-state index in [4.69, 9.17) is 4.74 Å². The first-order valence-corrected chi connectivity index (χ1v) is 8.56. The minimum atomic E-state index is -0.195. The molecule has 1 amide bonds. The van der Waals surface area contributed by atoms with E-state index < -0.39 is 0 Å². The quantitative estimate of drug-likeness (QED) is 0.855. The molecular formula is C18H24N4O2. The second kappa shape index (κ2) is 7.97. The number of nitrogens with one attached hydrogen (secondary N) is 2. The predicted molar refractivity (Wildman–Crippen MR) is 93.5 cm³/mol. The van der Waals surface area contributed by atoms with Gasteiger partial charge in [-0.3, -0.25) is 9.48 Å². The van der Waals surface area contributed by atoms with E-state index in [2.05, 4.69) is 22.7 Å². The third-order valence-electron chi connectivity index (χ3n) is 4.07. The second-order valence-electron chi connectivity index (χ2n) is 6.01. The molecule has 1 aromatic carbocycles. The molecule has 3 rings (SSSR count). The third kappa shape index (κ3) is 4.14. The normalized spacial score (nSPS) is 17.5. The maximum Gasteiger partial charge on any atom is 0.276 e. The Morgan fingerprint density at radius 2 is 2.21 bits per heavy atom. The number of piperidine rings is 1. The van der Waals surface area contributed by atoms with Gasteiger partial charge in [0.05, 0.1) is 12.6 Å². The highest BCUT2D eigenvalue weighted by molar-refractivity contribution is 6.02. The van der Waals surface area contributed by atoms with Crippen LogP contribution in [-0.4, -0.2) is 35.4 Å². The summed E-state index contributed by atoms with van der Waals surface area (Å²) in [7, 11) is 0. The SMILES string of the molecule is CCCOc1ccc(NC(=O)c2ccn(C3CCCNC3)n2)cc1. The average Bonchev–Trinajstić information content (AvgIpc) is 3.12. The monoisotopic (exact) mass is 328 g/mol. The molecular weight excluding hydrogens is 304 g/mol. The maximum absolute atomic E-state index is 12.3. The highest BCUT2D eigenvalue weighted by Crippen LogP contribution is 2.18. The topological polar surface area (TPSA) is 68.2 Å². The number of aromatic nitrogens is 2. The zero-order valence-corrected chi connectivity index (χ0v) is 14.0. The van der Waals surface area contributed by atoms with Gasteiger partial charge in [-0.2, -0.15) is 5.10 Å². The van der Waals surface area contributed by atoms with E-state index in [1.165, 1.54) is 0 Å². The molecule has 0 spiro atoms. The molecule has 1 aliphatic heterocycles. The predicted octanol–water partition coefficient (Wildman–Crippen LogP) is 2.85. The second-order valence-corrected chi connectivity index (χ2v) is 6.01. The largest absolute Gasteiger partial charge is 0.494 e. The van der Waals surface area contributed by atoms with Crippen molar-refractivity contribution in [1.29, 1.82) is 0 Å². The van der Waals surface area contributed by atoms with Gasteiger partial charge in [0, 0.05) is 18.4 Å². The van der Waals surface area contributed by atoms with Crippen LogP contribution in [0.1, 0.15) is 42.7 Å². The van der Waals surface area contributed by atoms with Crippen LogP contribution in [0.4, 0.5) is 5.69 Å². The molecule has 0 aliphatic carbocycles. The molecule has 128 valence electrons. The molecule has 0 bridgehead atoms. The van der Waals surface area contributed by atoms with Crippen molar-refractivity contribution in [2.24, 2.45) is 0 Å². The zero-order chi connectivity index (χ0) is 16.8. The van der Waals surface area contributed by atoms with Gasteiger partial charge in [0.2, 0.25) is 0 Å². The van der Waals surface area contributed by atoms with Crippen molar-refractivity contribution in [1.82, 2.24) is 15.1 Å². The number of carbonyl (C=O) groups excluding carboxylic acids is 1. The number of anilines is 1. The van der Waals surface area contributed by atoms with Crippen LogP contribution in [0.25, 0.3) is 0 Å². The van der Waals surface area contributed by atoms with Gasteiger partial charge in [-0.15, -0.1) is 0 Å². The third-order valence-corrected chi connectivity index (χ3v) is 4.07. The lowest BCUT2D eigenvalue weighted by Crippen LogP contribution is -2.32. The van der Waals surface area contributed by atoms with Crippen LogP contribution in [0.15, 0.2) is 36.5 Å². The lowest BCUT2D eigenvalue weighted by atomic mass is 10.1. The summed E-state index contributed by atoms with van der Waals surface area (Å²) in [6, 6.07) is 9.49. The Morgan fingerprint density at radius 3 is 2.92 bits per heavy atom. The van der Waals surface area contributed by atoms with Crippen LogP contribution in [0.3, 0.4) is 0 Å². The summed E-state index contributed by atoms with van der Waals surface area (Å²) >= 11 is 0. The minimum Gasteiger partial charge on any atom is -0.494 e. The number of nitrogens with zero attached hydrogens (tertiary/aromatic N) is 2. The summed E-state index contributed by atoms with van der Waals surface area (Å²) in [4.78, 5) is 12.3. The lowest BCUT2D eigenvalue weighted by molar-refractivity contribution is 0.102. The maximum atomic E-state index is 12.3. The fourth-order valence-electron chi connectivity index (χ4n) is 2.77. The first-order chi connectivity index (χ1) is 11.8. The molecule has 2 aromatic rings. The highest BCUT2D eigenvalue weighted by Gasteiger charge is 2.17. The number of amides is 1. The first kappa shape index (κ1) is 16.5. The minimum absolute atomic E-state index is 0.195. The molecule has 24 heavy (non-hydrogen) atoms. The molecule has 0 radical (unpaired) electrons. The van der Waals surface area contributed by atoms with E-state index in [0.717, 1.165) is 43.8 Å². The van der Waals surface area contributed by atoms with Crippen molar-refractivity contribution in [2.75, 3.05) is 25.0 Å². The molecule has 1 aliphatic rings. The number of ether oxygens (including phenoxy) is 1. The van der Waals surface area contributed by atoms with Crippen molar-refractivity contribution in [2.45, 2.75) is 32.2 Å². The van der Waals surface area contributed by atoms with Crippen molar-refractivity contribution in [3.63, 3.8) is 0 Å². The first-order valence-electron chi connectivity index (χ1n) is 8.56. The van der Waals surface area contributed by atoms with Gasteiger partial charge >= 0.3 is 0 Å². The van der Waals surface area contributed by atoms with Crippen LogP contribution in [0, 0.1) is 0 Å². The molecule has 2 N–H and O–H groups in total. The van der Waals surface area contributed by atoms with Crippen molar-refractivity contribution in [3.8, 4) is 5.75 Å². The molecule has 1 fully saturated rings. The summed E-state index contributed by atoms with van der Waals surface area (Å²) in [5.74, 6) is 0.615. The van der Waals surface area contributed by atoms with Crippen molar-refractivity contribution in [3.05, 3.63) is 42.2 Å². The van der Waals surface area contributed by atoms with Gasteiger partial charge in [0.1, 0.15) is 5.75 Å². The fraction of sp³-hybridized carbons (Fsp3) is 0.444. The van der Waals surface area contributed by atoms with Gasteiger partial charge < -0.3 is 15.4 Å². The Balaban J connectivity index is 1.59. The van der Waals surface area contributed by atoms with Gasteiger partial charge in [-0.1, -0.05) is 6.92 Å². The molecule has 1 aromatic heterocycles. The van der Waals surface area contributed by atoms with E-state index in [9.17, 15) is 4.79 Å². The van der Waals surface area contributed by atoms with E-state index in [1.807, 2.05) is 35.1 Å². The fourth-order valence-corrected chi connectivity index (χ4v) is 2.77. The Kier molecular flexibility index (Phi) is 5.48. The van der Waals surface area contributed by atoms with Crippen LogP contribution in [0.2, 0.25) is 0 Å². The van der Waals surface area contributed by atoms with Gasteiger partial charge in [-0.25, -0.2) is 0 Å². The van der Waals surface area contributed by atoms with Gasteiger partial charge in [0.25, 0.3) is 5.91 Å². The van der Waals surface area contributed by atoms with Crippen molar-refractivity contribution < 1.29 is 9.53 Å². The standard InChI is InChI=1S/C18H24N4O2/c1-2-12-24-16-7-5-14(6-8-16)20-18(23)17-9-11-22(21-17)15-4-3-10-19-13-15/h5-9,11,15,19H,2-4,10,12-13H2,1H3,(H,20,23). The number of hydrogen-bond acceptors (Lipinski definition) is 4. The van der Waals surface area contributed by atoms with E-state index >= 15 is 0 Å². The van der Waals surface area contributed by atoms with Crippen LogP contribution in [0.5, 0.6) is 5.75 Å². The van der Waals surface area contributed by atoms with Gasteiger partial charge in [-0.05, 0) is 56.1 Å². The van der Waals surface area contributed by atoms with E-state index in [1.54, 1.807) is 6.07 Å². The van der Waals surface area contributed by atoms with Crippen LogP contribution in [-0.2, 0) is 0 Å². The molecule has 6 nitrogen and oxygen atoms in total. The molecule has 1 atom stereocenters. The number of hydrogen-bond donors (Lipinski definition) is 2. The number of rotatable bonds is 6. The van der Waals surface area contributed by atoms with Crippen LogP contribution < -0.4 is 15.4 Å². The van der Waals surface area contributed by atoms with E-state index in [-0.39, 0.29) is 5.91 Å². The highest BCUT2D eigenvalue weighted by atomic mass is 16.5. The zero-order valence-electron chi connectivity index (χ0n) is 14.0. The summed E-state index contributed by atoms with van der Waals surface area (Å²) in [6.45, 7) is 4.72. The Labute approximate surface area is 142 Å². The van der Waals surface area contributed by atoms with Gasteiger partial charge in [0.15, 0.2) is 5.69 Å². The molecule has 2 heterocycles. The smallest absolute Gasteiger partial charge is 0.276 e. The van der Waals surface area contributed by atoms with E-state index in [0.29, 0.717) is 18.3 Å². The molecule has 1 saturated heterocycles.